The van der Waals surface area contributed by atoms with Crippen molar-refractivity contribution in [2.75, 3.05) is 35.7 Å². The lowest BCUT2D eigenvalue weighted by molar-refractivity contribution is 0.0497. The fourth-order valence-corrected chi connectivity index (χ4v) is 4.65. The first kappa shape index (κ1) is 24.4. The number of hydrogen-bond acceptors (Lipinski definition) is 10. The Hall–Kier alpha value is -4.33. The summed E-state index contributed by atoms with van der Waals surface area (Å²) in [7, 11) is 1.43. The molecule has 1 aliphatic carbocycles. The summed E-state index contributed by atoms with van der Waals surface area (Å²) in [6.45, 7) is 0.556. The summed E-state index contributed by atoms with van der Waals surface area (Å²) in [5, 5.41) is 50.1. The van der Waals surface area contributed by atoms with Crippen molar-refractivity contribution in [3.05, 3.63) is 34.6 Å². The van der Waals surface area contributed by atoms with Gasteiger partial charge < -0.3 is 30.6 Å². The van der Waals surface area contributed by atoms with Crippen LogP contribution in [0.5, 0.6) is 0 Å². The Kier molecular flexibility index (Phi) is 6.33. The van der Waals surface area contributed by atoms with Gasteiger partial charge in [-0.25, -0.2) is 9.78 Å². The summed E-state index contributed by atoms with van der Waals surface area (Å²) in [6.07, 6.45) is 1.76. The number of β-amino-alcohol motifs (C(OH)–C–C–N with tert-alkyl or cyclic N) is 1. The summed E-state index contributed by atoms with van der Waals surface area (Å²) in [6, 6.07) is 7.09. The van der Waals surface area contributed by atoms with Gasteiger partial charge in [-0.15, -0.1) is 5.10 Å². The van der Waals surface area contributed by atoms with Gasteiger partial charge in [0.15, 0.2) is 17.2 Å². The molecule has 2 aromatic heterocycles. The Morgan fingerprint density at radius 3 is 2.70 bits per heavy atom. The van der Waals surface area contributed by atoms with E-state index in [1.165, 1.54) is 17.8 Å². The molecule has 1 aromatic carbocycles. The fourth-order valence-electron chi connectivity index (χ4n) is 4.38. The molecule has 0 spiro atoms. The van der Waals surface area contributed by atoms with E-state index in [1.807, 2.05) is 4.90 Å². The number of rotatable bonds is 6. The first-order valence-corrected chi connectivity index (χ1v) is 12.0. The Bertz CT molecular complexity index is 1460. The number of halogens is 1. The van der Waals surface area contributed by atoms with E-state index >= 15 is 0 Å². The number of nitriles is 2. The molecule has 5 rings (SSSR count). The Balaban J connectivity index is 1.47. The molecular formula is C23H23ClN10O3. The molecule has 2 fully saturated rings. The molecule has 13 nitrogen and oxygen atoms in total. The highest BCUT2D eigenvalue weighted by atomic mass is 35.5. The minimum absolute atomic E-state index is 0.134. The Morgan fingerprint density at radius 1 is 1.27 bits per heavy atom. The first-order valence-electron chi connectivity index (χ1n) is 11.6. The predicted octanol–water partition coefficient (Wildman–Crippen LogP) is 2.39. The van der Waals surface area contributed by atoms with Gasteiger partial charge in [0.2, 0.25) is 5.95 Å². The standard InChI is InChI=1S/C23H23ClN10O3/c1-32(23(36)37)16-4-5-33(11-18(16)35)17-7-12(8-25)6-15(19(17)24)29-22-30-20(28-13-2-3-13)21-27-10-14(9-26)34(21)31-22/h6-7,10,13,16,18,35H,2-5,11H2,1H3,(H,36,37)(H2,28,29,30,31)/t16-,18+/m0/s1. The number of piperidine rings is 1. The van der Waals surface area contributed by atoms with Gasteiger partial charge in [0.05, 0.1) is 46.4 Å². The molecule has 1 saturated carbocycles. The van der Waals surface area contributed by atoms with Crippen LogP contribution >= 0.6 is 11.6 Å². The lowest BCUT2D eigenvalue weighted by Gasteiger charge is -2.40. The number of nitrogens with zero attached hydrogens (tertiary/aromatic N) is 8. The van der Waals surface area contributed by atoms with E-state index < -0.39 is 18.2 Å². The number of aliphatic hydroxyl groups excluding tert-OH is 1. The summed E-state index contributed by atoms with van der Waals surface area (Å²) in [4.78, 5) is 23.1. The number of amides is 1. The molecule has 1 saturated heterocycles. The molecule has 1 aliphatic heterocycles. The smallest absolute Gasteiger partial charge is 0.407 e. The molecule has 14 heteroatoms. The molecule has 4 N–H and O–H groups in total. The Morgan fingerprint density at radius 2 is 2.05 bits per heavy atom. The zero-order chi connectivity index (χ0) is 26.3. The molecule has 3 aromatic rings. The SMILES string of the molecule is CN(C(=O)O)[C@H]1CCN(c2cc(C#N)cc(Nc3nc(NC4CC4)c4ncc(C#N)n4n3)c2Cl)C[C@H]1O. The quantitative estimate of drug-likeness (QED) is 0.373. The second-order valence-electron chi connectivity index (χ2n) is 9.05. The highest BCUT2D eigenvalue weighted by molar-refractivity contribution is 6.36. The number of nitrogens with one attached hydrogen (secondary N) is 2. The average molecular weight is 523 g/mol. The molecule has 3 heterocycles. The van der Waals surface area contributed by atoms with Crippen LogP contribution in [0.15, 0.2) is 18.3 Å². The highest BCUT2D eigenvalue weighted by Gasteiger charge is 2.34. The number of anilines is 4. The second-order valence-corrected chi connectivity index (χ2v) is 9.43. The average Bonchev–Trinajstić information content (AvgIpc) is 3.60. The molecular weight excluding hydrogens is 500 g/mol. The van der Waals surface area contributed by atoms with Crippen molar-refractivity contribution in [2.24, 2.45) is 0 Å². The minimum atomic E-state index is -1.11. The van der Waals surface area contributed by atoms with Crippen LogP contribution in [0.25, 0.3) is 5.65 Å². The normalized spacial score (nSPS) is 19.2. The van der Waals surface area contributed by atoms with E-state index in [0.717, 1.165) is 17.7 Å². The number of fused-ring (bicyclic) bond motifs is 1. The van der Waals surface area contributed by atoms with E-state index in [9.17, 15) is 25.5 Å². The molecule has 37 heavy (non-hydrogen) atoms. The largest absolute Gasteiger partial charge is 0.465 e. The van der Waals surface area contributed by atoms with E-state index in [1.54, 1.807) is 12.1 Å². The third-order valence-electron chi connectivity index (χ3n) is 6.51. The molecule has 0 unspecified atom stereocenters. The van der Waals surface area contributed by atoms with Crippen molar-refractivity contribution >= 4 is 46.5 Å². The number of likely N-dealkylation sites (N-methyl/N-ethyl adjacent to an activating group) is 1. The van der Waals surface area contributed by atoms with Crippen molar-refractivity contribution in [1.82, 2.24) is 24.5 Å². The number of aliphatic hydroxyl groups is 1. The van der Waals surface area contributed by atoms with Gasteiger partial charge in [-0.3, -0.25) is 0 Å². The van der Waals surface area contributed by atoms with Gasteiger partial charge in [0.25, 0.3) is 0 Å². The minimum Gasteiger partial charge on any atom is -0.465 e. The van der Waals surface area contributed by atoms with Crippen molar-refractivity contribution in [1.29, 1.82) is 10.5 Å². The molecule has 2 aliphatic rings. The molecule has 190 valence electrons. The van der Waals surface area contributed by atoms with Crippen LogP contribution < -0.4 is 15.5 Å². The van der Waals surface area contributed by atoms with Gasteiger partial charge in [-0.1, -0.05) is 11.6 Å². The number of benzene rings is 1. The van der Waals surface area contributed by atoms with Crippen molar-refractivity contribution < 1.29 is 15.0 Å². The highest BCUT2D eigenvalue weighted by Crippen LogP contribution is 2.37. The summed E-state index contributed by atoms with van der Waals surface area (Å²) < 4.78 is 1.39. The van der Waals surface area contributed by atoms with E-state index in [-0.39, 0.29) is 29.3 Å². The van der Waals surface area contributed by atoms with Gasteiger partial charge in [-0.05, 0) is 31.4 Å². The van der Waals surface area contributed by atoms with Crippen LogP contribution in [-0.4, -0.2) is 79.1 Å². The lowest BCUT2D eigenvalue weighted by Crippen LogP contribution is -2.54. The van der Waals surface area contributed by atoms with Crippen LogP contribution in [0.3, 0.4) is 0 Å². The van der Waals surface area contributed by atoms with Gasteiger partial charge in [0, 0.05) is 26.2 Å². The second kappa shape index (κ2) is 9.61. The summed E-state index contributed by atoms with van der Waals surface area (Å²) >= 11 is 6.77. The predicted molar refractivity (Wildman–Crippen MR) is 134 cm³/mol. The third-order valence-corrected chi connectivity index (χ3v) is 6.91. The Labute approximate surface area is 216 Å². The molecule has 2 atom stereocenters. The number of carbonyl (C=O) groups is 1. The number of aromatic nitrogens is 4. The molecule has 1 amide bonds. The lowest BCUT2D eigenvalue weighted by atomic mass is 9.99. The maximum Gasteiger partial charge on any atom is 0.407 e. The van der Waals surface area contributed by atoms with Crippen LogP contribution in [0.4, 0.5) is 27.9 Å². The molecule has 0 bridgehead atoms. The van der Waals surface area contributed by atoms with Crippen molar-refractivity contribution in [3.8, 4) is 12.1 Å². The number of imidazole rings is 1. The zero-order valence-electron chi connectivity index (χ0n) is 19.8. The van der Waals surface area contributed by atoms with Crippen LogP contribution in [0.2, 0.25) is 5.02 Å². The number of hydrogen-bond donors (Lipinski definition) is 4. The maximum atomic E-state index is 11.3. The zero-order valence-corrected chi connectivity index (χ0v) is 20.5. The van der Waals surface area contributed by atoms with Crippen LogP contribution in [0.1, 0.15) is 30.5 Å². The van der Waals surface area contributed by atoms with Gasteiger partial charge >= 0.3 is 6.09 Å². The van der Waals surface area contributed by atoms with Crippen LogP contribution in [-0.2, 0) is 0 Å². The maximum absolute atomic E-state index is 11.3. The van der Waals surface area contributed by atoms with Gasteiger partial charge in [0.1, 0.15) is 6.07 Å². The van der Waals surface area contributed by atoms with Crippen LogP contribution in [0, 0.1) is 22.7 Å². The summed E-state index contributed by atoms with van der Waals surface area (Å²) in [5.74, 6) is 0.622. The topological polar surface area (TPSA) is 179 Å². The van der Waals surface area contributed by atoms with Gasteiger partial charge in [-0.2, -0.15) is 20.0 Å². The number of carboxylic acid groups (broad SMARTS) is 1. The van der Waals surface area contributed by atoms with Crippen molar-refractivity contribution in [3.63, 3.8) is 0 Å². The first-order chi connectivity index (χ1) is 17.8. The van der Waals surface area contributed by atoms with Crippen molar-refractivity contribution in [2.45, 2.75) is 37.5 Å². The monoisotopic (exact) mass is 522 g/mol. The molecule has 0 radical (unpaired) electrons. The van der Waals surface area contributed by atoms with E-state index in [0.29, 0.717) is 41.4 Å². The van der Waals surface area contributed by atoms with E-state index in [4.69, 9.17) is 11.6 Å². The fraction of sp³-hybridized carbons (Fsp3) is 0.391. The third kappa shape index (κ3) is 4.74. The van der Waals surface area contributed by atoms with E-state index in [2.05, 4.69) is 37.8 Å². The summed E-state index contributed by atoms with van der Waals surface area (Å²) in [5.41, 5.74) is 1.86.